The summed E-state index contributed by atoms with van der Waals surface area (Å²) in [7, 11) is 0. The topological polar surface area (TPSA) is 90.2 Å². The zero-order valence-electron chi connectivity index (χ0n) is 35.6. The van der Waals surface area contributed by atoms with Crippen molar-refractivity contribution in [1.82, 2.24) is 34.9 Å². The van der Waals surface area contributed by atoms with Crippen molar-refractivity contribution < 1.29 is 0 Å². The van der Waals surface area contributed by atoms with Gasteiger partial charge in [-0.25, -0.2) is 24.9 Å². The lowest BCUT2D eigenvalue weighted by molar-refractivity contribution is 1.18. The third-order valence-electron chi connectivity index (χ3n) is 11.5. The molecule has 0 saturated carbocycles. The van der Waals surface area contributed by atoms with Crippen LogP contribution >= 0.6 is 0 Å². The molecule has 11 rings (SSSR count). The van der Waals surface area contributed by atoms with E-state index in [4.69, 9.17) is 29.9 Å². The molecule has 0 N–H and O–H groups in total. The second-order valence-corrected chi connectivity index (χ2v) is 15.8. The minimum Gasteiger partial charge on any atom is -0.255 e. The van der Waals surface area contributed by atoms with Gasteiger partial charge in [-0.05, 0) is 59.2 Å². The Morgan fingerprint density at radius 1 is 0.197 bits per heavy atom. The molecule has 0 aliphatic rings. The van der Waals surface area contributed by atoms with Crippen LogP contribution in [0.3, 0.4) is 0 Å². The van der Waals surface area contributed by atoms with Crippen LogP contribution < -0.4 is 0 Å². The Hall–Kier alpha value is -9.07. The van der Waals surface area contributed by atoms with Crippen LogP contribution in [0.4, 0.5) is 0 Å². The lowest BCUT2D eigenvalue weighted by Crippen LogP contribution is -1.96. The van der Waals surface area contributed by atoms with Gasteiger partial charge in [0.25, 0.3) is 0 Å². The van der Waals surface area contributed by atoms with Crippen LogP contribution in [0.25, 0.3) is 113 Å². The molecule has 0 radical (unpaired) electrons. The molecule has 0 saturated heterocycles. The number of pyridine rings is 3. The summed E-state index contributed by atoms with van der Waals surface area (Å²) in [6.45, 7) is 0. The molecular weight excluding hydrogens is 807 g/mol. The van der Waals surface area contributed by atoms with Gasteiger partial charge in [-0.2, -0.15) is 0 Å². The smallest absolute Gasteiger partial charge is 0.160 e. The maximum Gasteiger partial charge on any atom is 0.160 e. The number of aromatic nitrogens is 7. The van der Waals surface area contributed by atoms with Crippen LogP contribution in [0.2, 0.25) is 0 Å². The standard InChI is InChI=1S/C59H39N7/c1-5-15-42(16-6-1)52-37-53(43-17-7-2-8-18-43)65-59(64-52)47-30-26-41(27-31-47)49-35-56(50-23-13-14-34-60-50)62-57(36-49)51-33-32-48(39-61-51)40-24-28-45(29-25-40)55-38-54(44-19-9-3-10-20-44)63-58(66-55)46-21-11-4-12-22-46/h1-39H. The van der Waals surface area contributed by atoms with Crippen molar-refractivity contribution in [1.29, 1.82) is 0 Å². The Kier molecular flexibility index (Phi) is 10.8. The summed E-state index contributed by atoms with van der Waals surface area (Å²) in [6.07, 6.45) is 3.70. The summed E-state index contributed by atoms with van der Waals surface area (Å²) in [5.41, 5.74) is 16.6. The van der Waals surface area contributed by atoms with Crippen LogP contribution in [0.5, 0.6) is 0 Å². The molecule has 7 heteroatoms. The normalized spacial score (nSPS) is 11.0. The van der Waals surface area contributed by atoms with Gasteiger partial charge >= 0.3 is 0 Å². The van der Waals surface area contributed by atoms with Gasteiger partial charge in [0, 0.05) is 51.3 Å². The van der Waals surface area contributed by atoms with Gasteiger partial charge in [0.15, 0.2) is 11.6 Å². The summed E-state index contributed by atoms with van der Waals surface area (Å²) >= 11 is 0. The number of hydrogen-bond donors (Lipinski definition) is 0. The van der Waals surface area contributed by atoms with Crippen molar-refractivity contribution in [3.63, 3.8) is 0 Å². The van der Waals surface area contributed by atoms with Crippen LogP contribution in [-0.2, 0) is 0 Å². The molecule has 7 nitrogen and oxygen atoms in total. The Labute approximate surface area is 383 Å². The first kappa shape index (κ1) is 39.8. The molecule has 6 aromatic carbocycles. The quantitative estimate of drug-likeness (QED) is 0.135. The maximum atomic E-state index is 5.09. The highest BCUT2D eigenvalue weighted by molar-refractivity contribution is 5.79. The van der Waals surface area contributed by atoms with Crippen molar-refractivity contribution >= 4 is 0 Å². The van der Waals surface area contributed by atoms with Crippen molar-refractivity contribution in [3.8, 4) is 113 Å². The second kappa shape index (κ2) is 18.0. The first-order chi connectivity index (χ1) is 32.7. The van der Waals surface area contributed by atoms with Crippen molar-refractivity contribution in [3.05, 3.63) is 237 Å². The lowest BCUT2D eigenvalue weighted by Gasteiger charge is -2.12. The third kappa shape index (κ3) is 8.52. The van der Waals surface area contributed by atoms with Gasteiger partial charge < -0.3 is 0 Å². The molecule has 0 fully saturated rings. The van der Waals surface area contributed by atoms with Gasteiger partial charge in [0.05, 0.1) is 45.6 Å². The number of rotatable bonds is 10. The van der Waals surface area contributed by atoms with E-state index in [0.29, 0.717) is 11.6 Å². The van der Waals surface area contributed by atoms with Crippen LogP contribution in [-0.4, -0.2) is 34.9 Å². The largest absolute Gasteiger partial charge is 0.255 e. The molecule has 0 aliphatic heterocycles. The van der Waals surface area contributed by atoms with Crippen LogP contribution in [0, 0.1) is 0 Å². The molecule has 11 aromatic rings. The molecule has 310 valence electrons. The number of benzene rings is 6. The monoisotopic (exact) mass is 845 g/mol. The first-order valence-corrected chi connectivity index (χ1v) is 21.8. The minimum absolute atomic E-state index is 0.661. The van der Waals surface area contributed by atoms with Crippen molar-refractivity contribution in [2.75, 3.05) is 0 Å². The summed E-state index contributed by atoms with van der Waals surface area (Å²) in [5, 5.41) is 0. The van der Waals surface area contributed by atoms with Crippen molar-refractivity contribution in [2.45, 2.75) is 0 Å². The fourth-order valence-electron chi connectivity index (χ4n) is 7.99. The number of hydrogen-bond acceptors (Lipinski definition) is 7. The molecule has 66 heavy (non-hydrogen) atoms. The molecule has 0 spiro atoms. The predicted molar refractivity (Wildman–Crippen MR) is 265 cm³/mol. The zero-order valence-corrected chi connectivity index (χ0v) is 35.6. The van der Waals surface area contributed by atoms with E-state index < -0.39 is 0 Å². The van der Waals surface area contributed by atoms with E-state index in [1.54, 1.807) is 6.20 Å². The minimum atomic E-state index is 0.661. The average Bonchev–Trinajstić information content (AvgIpc) is 3.42. The van der Waals surface area contributed by atoms with E-state index in [2.05, 4.69) is 120 Å². The fraction of sp³-hybridized carbons (Fsp3) is 0. The Bertz CT molecular complexity index is 3290. The van der Waals surface area contributed by atoms with Crippen LogP contribution in [0.15, 0.2) is 237 Å². The highest BCUT2D eigenvalue weighted by Crippen LogP contribution is 2.34. The fourth-order valence-corrected chi connectivity index (χ4v) is 7.99. The summed E-state index contributed by atoms with van der Waals surface area (Å²) < 4.78 is 0. The highest BCUT2D eigenvalue weighted by atomic mass is 14.9. The van der Waals surface area contributed by atoms with E-state index in [9.17, 15) is 0 Å². The highest BCUT2D eigenvalue weighted by Gasteiger charge is 2.15. The lowest BCUT2D eigenvalue weighted by atomic mass is 10.00. The van der Waals surface area contributed by atoms with Gasteiger partial charge in [0.1, 0.15) is 0 Å². The molecule has 5 heterocycles. The first-order valence-electron chi connectivity index (χ1n) is 21.8. The van der Waals surface area contributed by atoms with E-state index >= 15 is 0 Å². The maximum absolute atomic E-state index is 5.09. The van der Waals surface area contributed by atoms with E-state index in [1.807, 2.05) is 115 Å². The third-order valence-corrected chi connectivity index (χ3v) is 11.5. The van der Waals surface area contributed by atoms with E-state index in [-0.39, 0.29) is 0 Å². The molecule has 0 bridgehead atoms. The summed E-state index contributed by atoms with van der Waals surface area (Å²) in [5.74, 6) is 1.35. The average molecular weight is 846 g/mol. The summed E-state index contributed by atoms with van der Waals surface area (Å²) in [6, 6.07) is 76.0. The Balaban J connectivity index is 0.899. The van der Waals surface area contributed by atoms with E-state index in [1.165, 1.54) is 0 Å². The molecular formula is C59H39N7. The van der Waals surface area contributed by atoms with E-state index in [0.717, 1.165) is 101 Å². The van der Waals surface area contributed by atoms with Crippen LogP contribution in [0.1, 0.15) is 0 Å². The Morgan fingerprint density at radius 2 is 0.561 bits per heavy atom. The SMILES string of the molecule is c1ccc(-c2cc(-c3ccc(-c4ccc(-c5cc(-c6ccc(-c7nc(-c8ccccc8)cc(-c8ccccc8)n7)cc6)cc(-c6ccccn6)n5)nc4)cc3)nc(-c3ccccc3)n2)cc1. The predicted octanol–water partition coefficient (Wildman–Crippen LogP) is 14.1. The van der Waals surface area contributed by atoms with Gasteiger partial charge in [0.2, 0.25) is 0 Å². The molecule has 0 aliphatic carbocycles. The Morgan fingerprint density at radius 3 is 1.00 bits per heavy atom. The second-order valence-electron chi connectivity index (χ2n) is 15.8. The molecule has 0 amide bonds. The molecule has 0 unspecified atom stereocenters. The molecule has 0 atom stereocenters. The van der Waals surface area contributed by atoms with Gasteiger partial charge in [-0.1, -0.05) is 182 Å². The van der Waals surface area contributed by atoms with Crippen molar-refractivity contribution in [2.24, 2.45) is 0 Å². The summed E-state index contributed by atoms with van der Waals surface area (Å²) in [4.78, 5) is 34.7. The zero-order chi connectivity index (χ0) is 44.1. The molecule has 5 aromatic heterocycles. The van der Waals surface area contributed by atoms with Gasteiger partial charge in [-0.3, -0.25) is 9.97 Å². The van der Waals surface area contributed by atoms with Gasteiger partial charge in [-0.15, -0.1) is 0 Å². The number of nitrogens with zero attached hydrogens (tertiary/aromatic N) is 7.